The molecule has 0 aromatic carbocycles. The van der Waals surface area contributed by atoms with Gasteiger partial charge in [-0.05, 0) is 19.9 Å². The van der Waals surface area contributed by atoms with Gasteiger partial charge in [-0.2, -0.15) is 0 Å². The molecule has 0 spiro atoms. The van der Waals surface area contributed by atoms with E-state index in [9.17, 15) is 9.59 Å². The minimum absolute atomic E-state index is 0. The summed E-state index contributed by atoms with van der Waals surface area (Å²) >= 11 is 0. The highest BCUT2D eigenvalue weighted by Gasteiger charge is 2.29. The molecule has 0 aromatic heterocycles. The number of carbonyl (C=O) groups excluding carboxylic acids is 2. The molecule has 0 atom stereocenters. The van der Waals surface area contributed by atoms with Crippen molar-refractivity contribution in [3.8, 4) is 0 Å². The predicted octanol–water partition coefficient (Wildman–Crippen LogP) is 1.27. The predicted molar refractivity (Wildman–Crippen MR) is 85.5 cm³/mol. The maximum Gasteiger partial charge on any atom is 0.225 e. The molecule has 21 heavy (non-hydrogen) atoms. The third kappa shape index (κ3) is 5.15. The lowest BCUT2D eigenvalue weighted by molar-refractivity contribution is -0.142. The zero-order chi connectivity index (χ0) is 14.4. The zero-order valence-electron chi connectivity index (χ0n) is 13.0. The van der Waals surface area contributed by atoms with Crippen molar-refractivity contribution >= 4 is 24.2 Å². The van der Waals surface area contributed by atoms with E-state index in [0.717, 1.165) is 19.4 Å². The summed E-state index contributed by atoms with van der Waals surface area (Å²) in [5.41, 5.74) is 0. The van der Waals surface area contributed by atoms with Crippen molar-refractivity contribution in [3.63, 3.8) is 0 Å². The van der Waals surface area contributed by atoms with Crippen LogP contribution in [0.4, 0.5) is 0 Å². The average molecular weight is 318 g/mol. The van der Waals surface area contributed by atoms with Gasteiger partial charge in [-0.1, -0.05) is 19.3 Å². The molecular formula is C15H28ClN3O2. The van der Waals surface area contributed by atoms with Crippen molar-refractivity contribution in [3.05, 3.63) is 0 Å². The van der Waals surface area contributed by atoms with Gasteiger partial charge in [0.15, 0.2) is 0 Å². The van der Waals surface area contributed by atoms with Crippen LogP contribution in [0.25, 0.3) is 0 Å². The van der Waals surface area contributed by atoms with Crippen LogP contribution in [0.15, 0.2) is 0 Å². The summed E-state index contributed by atoms with van der Waals surface area (Å²) in [4.78, 5) is 28.2. The molecule has 2 aliphatic rings. The SMILES string of the molecule is CNCCC(=O)N1CCN(C(=O)C2CCCCC2)CC1.Cl. The molecule has 1 N–H and O–H groups in total. The number of carbonyl (C=O) groups is 2. The van der Waals surface area contributed by atoms with Crippen LogP contribution < -0.4 is 5.32 Å². The van der Waals surface area contributed by atoms with E-state index in [-0.39, 0.29) is 24.2 Å². The van der Waals surface area contributed by atoms with E-state index in [4.69, 9.17) is 0 Å². The van der Waals surface area contributed by atoms with Crippen molar-refractivity contribution in [2.75, 3.05) is 39.8 Å². The first-order valence-electron chi connectivity index (χ1n) is 7.93. The Labute approximate surface area is 133 Å². The number of hydrogen-bond donors (Lipinski definition) is 1. The van der Waals surface area contributed by atoms with Crippen molar-refractivity contribution < 1.29 is 9.59 Å². The van der Waals surface area contributed by atoms with Gasteiger partial charge in [-0.15, -0.1) is 12.4 Å². The molecule has 2 fully saturated rings. The zero-order valence-corrected chi connectivity index (χ0v) is 13.8. The lowest BCUT2D eigenvalue weighted by Crippen LogP contribution is -2.52. The topological polar surface area (TPSA) is 52.7 Å². The van der Waals surface area contributed by atoms with Crippen LogP contribution in [0.2, 0.25) is 0 Å². The fraction of sp³-hybridized carbons (Fsp3) is 0.867. The maximum atomic E-state index is 12.4. The molecule has 0 aromatic rings. The van der Waals surface area contributed by atoms with Crippen molar-refractivity contribution in [2.24, 2.45) is 5.92 Å². The van der Waals surface area contributed by atoms with Crippen LogP contribution >= 0.6 is 12.4 Å². The second kappa shape index (κ2) is 9.26. The van der Waals surface area contributed by atoms with Crippen LogP contribution in [0, 0.1) is 5.92 Å². The standard InChI is InChI=1S/C15H27N3O2.ClH/c1-16-8-7-14(19)17-9-11-18(12-10-17)15(20)13-5-3-2-4-6-13;/h13,16H,2-12H2,1H3;1H. The van der Waals surface area contributed by atoms with Gasteiger partial charge >= 0.3 is 0 Å². The summed E-state index contributed by atoms with van der Waals surface area (Å²) in [7, 11) is 1.86. The van der Waals surface area contributed by atoms with Crippen LogP contribution in [0.3, 0.4) is 0 Å². The molecule has 1 saturated carbocycles. The van der Waals surface area contributed by atoms with Gasteiger partial charge in [-0.3, -0.25) is 9.59 Å². The van der Waals surface area contributed by atoms with Gasteiger partial charge in [0.2, 0.25) is 11.8 Å². The molecule has 1 aliphatic heterocycles. The number of nitrogens with one attached hydrogen (secondary N) is 1. The highest BCUT2D eigenvalue weighted by molar-refractivity contribution is 5.85. The van der Waals surface area contributed by atoms with E-state index in [2.05, 4.69) is 5.32 Å². The summed E-state index contributed by atoms with van der Waals surface area (Å²) in [6.45, 7) is 3.53. The number of halogens is 1. The quantitative estimate of drug-likeness (QED) is 0.849. The summed E-state index contributed by atoms with van der Waals surface area (Å²) in [6.07, 6.45) is 6.32. The molecule has 2 amide bonds. The minimum Gasteiger partial charge on any atom is -0.339 e. The van der Waals surface area contributed by atoms with E-state index in [1.165, 1.54) is 19.3 Å². The highest BCUT2D eigenvalue weighted by Crippen LogP contribution is 2.25. The Morgan fingerprint density at radius 2 is 1.57 bits per heavy atom. The van der Waals surface area contributed by atoms with E-state index in [1.807, 2.05) is 16.8 Å². The van der Waals surface area contributed by atoms with Crippen molar-refractivity contribution in [2.45, 2.75) is 38.5 Å². The number of nitrogens with zero attached hydrogens (tertiary/aromatic N) is 2. The van der Waals surface area contributed by atoms with Gasteiger partial charge in [0, 0.05) is 45.1 Å². The Morgan fingerprint density at radius 3 is 2.14 bits per heavy atom. The lowest BCUT2D eigenvalue weighted by atomic mass is 9.88. The summed E-state index contributed by atoms with van der Waals surface area (Å²) < 4.78 is 0. The molecule has 1 aliphatic carbocycles. The van der Waals surface area contributed by atoms with Crippen LogP contribution in [-0.4, -0.2) is 61.4 Å². The van der Waals surface area contributed by atoms with Gasteiger partial charge in [0.1, 0.15) is 0 Å². The molecule has 0 radical (unpaired) electrons. The van der Waals surface area contributed by atoms with Crippen LogP contribution in [0.5, 0.6) is 0 Å². The summed E-state index contributed by atoms with van der Waals surface area (Å²) in [5.74, 6) is 0.770. The fourth-order valence-corrected chi connectivity index (χ4v) is 3.17. The normalized spacial score (nSPS) is 20.0. The number of piperazine rings is 1. The largest absolute Gasteiger partial charge is 0.339 e. The Bertz CT molecular complexity index is 338. The minimum atomic E-state index is 0. The molecular weight excluding hydrogens is 290 g/mol. The molecule has 1 saturated heterocycles. The van der Waals surface area contributed by atoms with Crippen molar-refractivity contribution in [1.82, 2.24) is 15.1 Å². The van der Waals surface area contributed by atoms with Gasteiger partial charge < -0.3 is 15.1 Å². The molecule has 0 unspecified atom stereocenters. The molecule has 5 nitrogen and oxygen atoms in total. The average Bonchev–Trinajstić information content (AvgIpc) is 2.53. The number of amides is 2. The fourth-order valence-electron chi connectivity index (χ4n) is 3.17. The molecule has 122 valence electrons. The lowest BCUT2D eigenvalue weighted by Gasteiger charge is -2.37. The second-order valence-electron chi connectivity index (χ2n) is 5.89. The van der Waals surface area contributed by atoms with Gasteiger partial charge in [0.25, 0.3) is 0 Å². The van der Waals surface area contributed by atoms with E-state index in [1.54, 1.807) is 0 Å². The monoisotopic (exact) mass is 317 g/mol. The number of rotatable bonds is 4. The third-order valence-electron chi connectivity index (χ3n) is 4.49. The Hall–Kier alpha value is -0.810. The molecule has 0 bridgehead atoms. The van der Waals surface area contributed by atoms with E-state index < -0.39 is 0 Å². The van der Waals surface area contributed by atoms with E-state index in [0.29, 0.717) is 38.5 Å². The smallest absolute Gasteiger partial charge is 0.225 e. The third-order valence-corrected chi connectivity index (χ3v) is 4.49. The van der Waals surface area contributed by atoms with E-state index >= 15 is 0 Å². The highest BCUT2D eigenvalue weighted by atomic mass is 35.5. The van der Waals surface area contributed by atoms with Crippen LogP contribution in [0.1, 0.15) is 38.5 Å². The van der Waals surface area contributed by atoms with Crippen LogP contribution in [-0.2, 0) is 9.59 Å². The summed E-state index contributed by atoms with van der Waals surface area (Å²) in [6, 6.07) is 0. The maximum absolute atomic E-state index is 12.4. The summed E-state index contributed by atoms with van der Waals surface area (Å²) in [5, 5.41) is 3.00. The second-order valence-corrected chi connectivity index (χ2v) is 5.89. The molecule has 2 rings (SSSR count). The van der Waals surface area contributed by atoms with Crippen molar-refractivity contribution in [1.29, 1.82) is 0 Å². The van der Waals surface area contributed by atoms with Gasteiger partial charge in [-0.25, -0.2) is 0 Å². The first-order chi connectivity index (χ1) is 9.72. The Balaban J connectivity index is 0.00000220. The number of hydrogen-bond acceptors (Lipinski definition) is 3. The first kappa shape index (κ1) is 18.2. The Kier molecular flexibility index (Phi) is 8.04. The first-order valence-corrected chi connectivity index (χ1v) is 7.93. The molecule has 1 heterocycles. The Morgan fingerprint density at radius 1 is 1.00 bits per heavy atom. The molecule has 6 heteroatoms. The van der Waals surface area contributed by atoms with Gasteiger partial charge in [0.05, 0.1) is 0 Å².